The molecule has 31 heavy (non-hydrogen) atoms. The van der Waals surface area contributed by atoms with Crippen LogP contribution in [0.5, 0.6) is 0 Å². The molecule has 9 nitrogen and oxygen atoms in total. The second-order valence-corrected chi connectivity index (χ2v) is 6.90. The molecule has 0 unspecified atom stereocenters. The van der Waals surface area contributed by atoms with Crippen LogP contribution in [0.4, 0.5) is 5.69 Å². The van der Waals surface area contributed by atoms with Gasteiger partial charge >= 0.3 is 5.76 Å². The van der Waals surface area contributed by atoms with Gasteiger partial charge in [-0.25, -0.2) is 4.79 Å². The molecule has 0 radical (unpaired) electrons. The normalized spacial score (nSPS) is 11.1. The Morgan fingerprint density at radius 3 is 2.84 bits per heavy atom. The van der Waals surface area contributed by atoms with Gasteiger partial charge in [-0.2, -0.15) is 4.98 Å². The number of para-hydroxylation sites is 2. The van der Waals surface area contributed by atoms with E-state index < -0.39 is 5.76 Å². The summed E-state index contributed by atoms with van der Waals surface area (Å²) in [5, 5.41) is 6.79. The Morgan fingerprint density at radius 1 is 1.13 bits per heavy atom. The fourth-order valence-corrected chi connectivity index (χ4v) is 3.22. The van der Waals surface area contributed by atoms with E-state index in [9.17, 15) is 9.59 Å². The van der Waals surface area contributed by atoms with E-state index in [1.165, 1.54) is 10.8 Å². The zero-order valence-corrected chi connectivity index (χ0v) is 16.4. The lowest BCUT2D eigenvalue weighted by Crippen LogP contribution is -2.15. The van der Waals surface area contributed by atoms with Gasteiger partial charge in [-0.05, 0) is 48.9 Å². The molecule has 0 aliphatic heterocycles. The molecule has 0 spiro atoms. The minimum absolute atomic E-state index is 0.104. The predicted octanol–water partition coefficient (Wildman–Crippen LogP) is 3.85. The molecule has 0 saturated carbocycles. The van der Waals surface area contributed by atoms with Crippen molar-refractivity contribution in [3.05, 3.63) is 88.6 Å². The quantitative estimate of drug-likeness (QED) is 0.462. The first-order chi connectivity index (χ1) is 15.1. The van der Waals surface area contributed by atoms with Crippen molar-refractivity contribution < 1.29 is 18.2 Å². The van der Waals surface area contributed by atoms with Crippen LogP contribution in [0.25, 0.3) is 22.6 Å². The third-order valence-corrected chi connectivity index (χ3v) is 4.82. The first-order valence-corrected chi connectivity index (χ1v) is 9.45. The van der Waals surface area contributed by atoms with E-state index in [1.54, 1.807) is 36.4 Å². The number of anilines is 1. The summed E-state index contributed by atoms with van der Waals surface area (Å²) in [5.41, 5.74) is 3.22. The number of hydrogen-bond acceptors (Lipinski definition) is 7. The van der Waals surface area contributed by atoms with Crippen LogP contribution >= 0.6 is 0 Å². The van der Waals surface area contributed by atoms with Crippen molar-refractivity contribution in [2.24, 2.45) is 0 Å². The average Bonchev–Trinajstić information content (AvgIpc) is 3.51. The summed E-state index contributed by atoms with van der Waals surface area (Å²) in [6.07, 6.45) is 1.44. The van der Waals surface area contributed by atoms with Crippen LogP contribution in [-0.4, -0.2) is 20.6 Å². The van der Waals surface area contributed by atoms with Gasteiger partial charge < -0.3 is 18.7 Å². The van der Waals surface area contributed by atoms with Crippen molar-refractivity contribution in [3.63, 3.8) is 0 Å². The summed E-state index contributed by atoms with van der Waals surface area (Å²) in [6.45, 7) is 1.98. The second-order valence-electron chi connectivity index (χ2n) is 6.90. The van der Waals surface area contributed by atoms with E-state index in [1.807, 2.05) is 25.1 Å². The van der Waals surface area contributed by atoms with Gasteiger partial charge in [0.25, 0.3) is 11.8 Å². The Balaban J connectivity index is 1.41. The Bertz CT molecular complexity index is 1440. The summed E-state index contributed by atoms with van der Waals surface area (Å²) >= 11 is 0. The van der Waals surface area contributed by atoms with Crippen molar-refractivity contribution in [2.75, 3.05) is 5.32 Å². The van der Waals surface area contributed by atoms with Crippen LogP contribution < -0.4 is 11.1 Å². The van der Waals surface area contributed by atoms with Gasteiger partial charge in [0, 0.05) is 11.3 Å². The van der Waals surface area contributed by atoms with E-state index in [4.69, 9.17) is 13.4 Å². The average molecular weight is 416 g/mol. The number of aromatic nitrogens is 3. The number of furan rings is 1. The monoisotopic (exact) mass is 416 g/mol. The number of benzene rings is 2. The maximum Gasteiger partial charge on any atom is 0.420 e. The number of aryl methyl sites for hydroxylation is 1. The minimum atomic E-state index is -0.495. The zero-order valence-electron chi connectivity index (χ0n) is 16.4. The maximum absolute atomic E-state index is 12.3. The lowest BCUT2D eigenvalue weighted by molar-refractivity contribution is 0.0996. The van der Waals surface area contributed by atoms with Crippen LogP contribution in [0, 0.1) is 6.92 Å². The van der Waals surface area contributed by atoms with Crippen LogP contribution in [0.15, 0.2) is 79.0 Å². The SMILES string of the molecule is Cc1ccc(-c2nc(Cn3c(=O)oc4ccccc43)no2)cc1NC(=O)c1ccco1. The van der Waals surface area contributed by atoms with Crippen molar-refractivity contribution in [1.29, 1.82) is 0 Å². The number of carbonyl (C=O) groups excluding carboxylic acids is 1. The first-order valence-electron chi connectivity index (χ1n) is 9.45. The summed E-state index contributed by atoms with van der Waals surface area (Å²) in [5.74, 6) is -0.0501. The molecule has 2 aromatic carbocycles. The second kappa shape index (κ2) is 7.45. The van der Waals surface area contributed by atoms with Crippen LogP contribution in [0.3, 0.4) is 0 Å². The molecule has 3 heterocycles. The molecule has 9 heteroatoms. The molecular formula is C22H16N4O5. The Kier molecular flexibility index (Phi) is 4.47. The molecule has 0 fully saturated rings. The lowest BCUT2D eigenvalue weighted by Gasteiger charge is -2.08. The third-order valence-electron chi connectivity index (χ3n) is 4.82. The summed E-state index contributed by atoms with van der Waals surface area (Å²) in [7, 11) is 0. The van der Waals surface area contributed by atoms with Gasteiger partial charge in [0.15, 0.2) is 17.2 Å². The van der Waals surface area contributed by atoms with Crippen LogP contribution in [0.1, 0.15) is 21.9 Å². The number of hydrogen-bond donors (Lipinski definition) is 1. The van der Waals surface area contributed by atoms with Crippen molar-refractivity contribution in [2.45, 2.75) is 13.5 Å². The van der Waals surface area contributed by atoms with Crippen LogP contribution in [-0.2, 0) is 6.54 Å². The number of carbonyl (C=O) groups is 1. The topological polar surface area (TPSA) is 116 Å². The van der Waals surface area contributed by atoms with Crippen molar-refractivity contribution in [1.82, 2.24) is 14.7 Å². The fraction of sp³-hybridized carbons (Fsp3) is 0.0909. The Morgan fingerprint density at radius 2 is 2.00 bits per heavy atom. The molecule has 154 valence electrons. The molecule has 0 bridgehead atoms. The van der Waals surface area contributed by atoms with Gasteiger partial charge in [0.05, 0.1) is 18.3 Å². The number of nitrogens with zero attached hydrogens (tertiary/aromatic N) is 3. The van der Waals surface area contributed by atoms with Gasteiger partial charge in [0.2, 0.25) is 0 Å². The Labute approximate surface area is 174 Å². The van der Waals surface area contributed by atoms with Gasteiger partial charge in [-0.1, -0.05) is 23.4 Å². The molecule has 0 aliphatic rings. The van der Waals surface area contributed by atoms with Gasteiger partial charge in [-0.15, -0.1) is 0 Å². The Hall–Kier alpha value is -4.40. The smallest absolute Gasteiger partial charge is 0.420 e. The van der Waals surface area contributed by atoms with Gasteiger partial charge in [0.1, 0.15) is 0 Å². The summed E-state index contributed by atoms with van der Waals surface area (Å²) in [4.78, 5) is 28.9. The van der Waals surface area contributed by atoms with E-state index in [0.717, 1.165) is 5.56 Å². The summed E-state index contributed by atoms with van der Waals surface area (Å²) < 4.78 is 17.2. The number of oxazole rings is 1. The van der Waals surface area contributed by atoms with E-state index >= 15 is 0 Å². The maximum atomic E-state index is 12.3. The van der Waals surface area contributed by atoms with E-state index in [0.29, 0.717) is 28.2 Å². The highest BCUT2D eigenvalue weighted by Crippen LogP contribution is 2.25. The molecule has 0 atom stereocenters. The van der Waals surface area contributed by atoms with Crippen molar-refractivity contribution >= 4 is 22.7 Å². The molecule has 0 saturated heterocycles. The molecule has 5 aromatic rings. The molecule has 1 N–H and O–H groups in total. The fourth-order valence-electron chi connectivity index (χ4n) is 3.22. The minimum Gasteiger partial charge on any atom is -0.459 e. The van der Waals surface area contributed by atoms with Crippen molar-refractivity contribution in [3.8, 4) is 11.5 Å². The molecule has 5 rings (SSSR count). The predicted molar refractivity (Wildman–Crippen MR) is 111 cm³/mol. The molecule has 0 aliphatic carbocycles. The van der Waals surface area contributed by atoms with E-state index in [-0.39, 0.29) is 24.1 Å². The highest BCUT2D eigenvalue weighted by molar-refractivity contribution is 6.02. The molecule has 1 amide bonds. The lowest BCUT2D eigenvalue weighted by atomic mass is 10.1. The number of amides is 1. The molecular weight excluding hydrogens is 400 g/mol. The number of rotatable bonds is 5. The third kappa shape index (κ3) is 3.52. The van der Waals surface area contributed by atoms with E-state index in [2.05, 4.69) is 15.5 Å². The summed E-state index contributed by atoms with van der Waals surface area (Å²) in [6, 6.07) is 15.7. The highest BCUT2D eigenvalue weighted by atomic mass is 16.5. The number of fused-ring (bicyclic) bond motifs is 1. The highest BCUT2D eigenvalue weighted by Gasteiger charge is 2.16. The largest absolute Gasteiger partial charge is 0.459 e. The zero-order chi connectivity index (χ0) is 21.4. The molecule has 3 aromatic heterocycles. The first kappa shape index (κ1) is 18.6. The standard InChI is InChI=1S/C22H16N4O5/c1-13-8-9-14(11-15(13)23-20(27)18-7-4-10-29-18)21-24-19(25-31-21)12-26-16-5-2-3-6-17(16)30-22(26)28/h2-11H,12H2,1H3,(H,23,27). The van der Waals surface area contributed by atoms with Gasteiger partial charge in [-0.3, -0.25) is 9.36 Å². The number of nitrogens with one attached hydrogen (secondary N) is 1. The van der Waals surface area contributed by atoms with Crippen LogP contribution in [0.2, 0.25) is 0 Å².